The zero-order chi connectivity index (χ0) is 13.7. The molecule has 0 aliphatic carbocycles. The van der Waals surface area contributed by atoms with Crippen molar-refractivity contribution in [3.63, 3.8) is 0 Å². The van der Waals surface area contributed by atoms with Crippen LogP contribution in [0.1, 0.15) is 32.6 Å². The van der Waals surface area contributed by atoms with Gasteiger partial charge in [0, 0.05) is 29.8 Å². The van der Waals surface area contributed by atoms with Crippen LogP contribution >= 0.6 is 31.9 Å². The highest BCUT2D eigenvalue weighted by molar-refractivity contribution is 9.11. The van der Waals surface area contributed by atoms with Crippen LogP contribution in [0.2, 0.25) is 0 Å². The van der Waals surface area contributed by atoms with E-state index in [1.54, 1.807) is 0 Å². The molecule has 1 atom stereocenters. The number of rotatable bonds is 6. The molecule has 3 nitrogen and oxygen atoms in total. The molecule has 2 rings (SSSR count). The van der Waals surface area contributed by atoms with Gasteiger partial charge in [-0.05, 0) is 63.7 Å². The van der Waals surface area contributed by atoms with Crippen molar-refractivity contribution >= 4 is 37.7 Å². The second kappa shape index (κ2) is 7.60. The SMILES string of the molecule is CCCCN(CC1CCCN1)c1ncc(Br)cc1Br. The van der Waals surface area contributed by atoms with Gasteiger partial charge in [0.05, 0.1) is 4.47 Å². The Balaban J connectivity index is 2.10. The minimum absolute atomic E-state index is 0.606. The molecule has 2 heterocycles. The third kappa shape index (κ3) is 4.43. The summed E-state index contributed by atoms with van der Waals surface area (Å²) in [5.41, 5.74) is 0. The molecule has 106 valence electrons. The minimum Gasteiger partial charge on any atom is -0.354 e. The van der Waals surface area contributed by atoms with Crippen molar-refractivity contribution in [1.82, 2.24) is 10.3 Å². The van der Waals surface area contributed by atoms with Gasteiger partial charge in [-0.3, -0.25) is 0 Å². The first-order chi connectivity index (χ1) is 9.20. The van der Waals surface area contributed by atoms with E-state index in [-0.39, 0.29) is 0 Å². The standard InChI is InChI=1S/C14H21Br2N3/c1-2-3-7-19(10-12-5-4-6-17-12)14-13(16)8-11(15)9-18-14/h8-9,12,17H,2-7,10H2,1H3. The monoisotopic (exact) mass is 389 g/mol. The Kier molecular flexibility index (Phi) is 6.10. The number of unbranched alkanes of at least 4 members (excludes halogenated alkanes) is 1. The lowest BCUT2D eigenvalue weighted by Crippen LogP contribution is -2.38. The van der Waals surface area contributed by atoms with Crippen molar-refractivity contribution in [2.75, 3.05) is 24.5 Å². The lowest BCUT2D eigenvalue weighted by atomic mass is 10.2. The fraction of sp³-hybridized carbons (Fsp3) is 0.643. The number of aromatic nitrogens is 1. The van der Waals surface area contributed by atoms with Gasteiger partial charge in [-0.2, -0.15) is 0 Å². The van der Waals surface area contributed by atoms with E-state index >= 15 is 0 Å². The van der Waals surface area contributed by atoms with Gasteiger partial charge in [-0.1, -0.05) is 13.3 Å². The van der Waals surface area contributed by atoms with Gasteiger partial charge in [0.15, 0.2) is 0 Å². The topological polar surface area (TPSA) is 28.2 Å². The minimum atomic E-state index is 0.606. The summed E-state index contributed by atoms with van der Waals surface area (Å²) in [4.78, 5) is 6.98. The molecule has 1 fully saturated rings. The number of nitrogens with zero attached hydrogens (tertiary/aromatic N) is 2. The van der Waals surface area contributed by atoms with Crippen molar-refractivity contribution in [1.29, 1.82) is 0 Å². The maximum absolute atomic E-state index is 4.58. The zero-order valence-electron chi connectivity index (χ0n) is 11.3. The molecule has 0 aromatic carbocycles. The molecule has 1 aliphatic heterocycles. The highest BCUT2D eigenvalue weighted by atomic mass is 79.9. The zero-order valence-corrected chi connectivity index (χ0v) is 14.5. The van der Waals surface area contributed by atoms with Crippen LogP contribution in [-0.2, 0) is 0 Å². The van der Waals surface area contributed by atoms with Crippen LogP contribution < -0.4 is 10.2 Å². The van der Waals surface area contributed by atoms with Crippen molar-refractivity contribution in [3.05, 3.63) is 21.2 Å². The smallest absolute Gasteiger partial charge is 0.142 e. The summed E-state index contributed by atoms with van der Waals surface area (Å²) in [6.07, 6.45) is 6.86. The van der Waals surface area contributed by atoms with Crippen LogP contribution in [0.4, 0.5) is 5.82 Å². The maximum atomic E-state index is 4.58. The van der Waals surface area contributed by atoms with E-state index in [0.29, 0.717) is 6.04 Å². The Labute approximate surface area is 132 Å². The van der Waals surface area contributed by atoms with Gasteiger partial charge in [-0.15, -0.1) is 0 Å². The lowest BCUT2D eigenvalue weighted by molar-refractivity contribution is 0.568. The molecule has 0 radical (unpaired) electrons. The summed E-state index contributed by atoms with van der Waals surface area (Å²) >= 11 is 7.10. The third-order valence-corrected chi connectivity index (χ3v) is 4.49. The largest absolute Gasteiger partial charge is 0.354 e. The molecule has 1 aromatic rings. The summed E-state index contributed by atoms with van der Waals surface area (Å²) in [5, 5.41) is 3.57. The molecule has 0 amide bonds. The molecule has 1 unspecified atom stereocenters. The molecule has 19 heavy (non-hydrogen) atoms. The van der Waals surface area contributed by atoms with Gasteiger partial charge in [0.25, 0.3) is 0 Å². The first kappa shape index (κ1) is 15.3. The summed E-state index contributed by atoms with van der Waals surface area (Å²) in [7, 11) is 0. The number of nitrogens with one attached hydrogen (secondary N) is 1. The fourth-order valence-corrected chi connectivity index (χ4v) is 3.69. The second-order valence-corrected chi connectivity index (χ2v) is 6.82. The van der Waals surface area contributed by atoms with E-state index in [1.807, 2.05) is 6.20 Å². The van der Waals surface area contributed by atoms with Gasteiger partial charge >= 0.3 is 0 Å². The predicted molar refractivity (Wildman–Crippen MR) is 87.8 cm³/mol. The Hall–Kier alpha value is -0.130. The molecular formula is C14H21Br2N3. The summed E-state index contributed by atoms with van der Waals surface area (Å²) in [5.74, 6) is 1.06. The van der Waals surface area contributed by atoms with Crippen molar-refractivity contribution in [2.24, 2.45) is 0 Å². The number of hydrogen-bond donors (Lipinski definition) is 1. The molecule has 1 saturated heterocycles. The predicted octanol–water partition coefficient (Wildman–Crippen LogP) is 3.97. The average molecular weight is 391 g/mol. The normalized spacial score (nSPS) is 18.8. The van der Waals surface area contributed by atoms with E-state index in [2.05, 4.69) is 60.1 Å². The maximum Gasteiger partial charge on any atom is 0.142 e. The molecule has 1 N–H and O–H groups in total. The van der Waals surface area contributed by atoms with E-state index in [9.17, 15) is 0 Å². The summed E-state index contributed by atoms with van der Waals surface area (Å²) in [6.45, 7) is 5.51. The van der Waals surface area contributed by atoms with Gasteiger partial charge < -0.3 is 10.2 Å². The van der Waals surface area contributed by atoms with Crippen molar-refractivity contribution in [3.8, 4) is 0 Å². The van der Waals surface area contributed by atoms with Gasteiger partial charge in [0.2, 0.25) is 0 Å². The molecule has 0 bridgehead atoms. The average Bonchev–Trinajstić information content (AvgIpc) is 2.88. The van der Waals surface area contributed by atoms with Crippen molar-refractivity contribution < 1.29 is 0 Å². The van der Waals surface area contributed by atoms with Crippen LogP contribution in [0, 0.1) is 0 Å². The first-order valence-corrected chi connectivity index (χ1v) is 8.58. The van der Waals surface area contributed by atoms with Gasteiger partial charge in [-0.25, -0.2) is 4.98 Å². The second-order valence-electron chi connectivity index (χ2n) is 5.05. The molecule has 0 spiro atoms. The van der Waals surface area contributed by atoms with Crippen LogP contribution in [-0.4, -0.2) is 30.7 Å². The van der Waals surface area contributed by atoms with E-state index < -0.39 is 0 Å². The number of hydrogen-bond acceptors (Lipinski definition) is 3. The number of anilines is 1. The number of pyridine rings is 1. The van der Waals surface area contributed by atoms with Crippen LogP contribution in [0.5, 0.6) is 0 Å². The first-order valence-electron chi connectivity index (χ1n) is 7.00. The lowest BCUT2D eigenvalue weighted by Gasteiger charge is -2.27. The van der Waals surface area contributed by atoms with Crippen molar-refractivity contribution in [2.45, 2.75) is 38.6 Å². The quantitative estimate of drug-likeness (QED) is 0.796. The molecular weight excluding hydrogens is 370 g/mol. The van der Waals surface area contributed by atoms with Crippen LogP contribution in [0.25, 0.3) is 0 Å². The van der Waals surface area contributed by atoms with Crippen LogP contribution in [0.3, 0.4) is 0 Å². The van der Waals surface area contributed by atoms with Crippen LogP contribution in [0.15, 0.2) is 21.2 Å². The van der Waals surface area contributed by atoms with E-state index in [4.69, 9.17) is 0 Å². The Morgan fingerprint density at radius 1 is 1.47 bits per heavy atom. The molecule has 1 aliphatic rings. The Morgan fingerprint density at radius 3 is 2.95 bits per heavy atom. The van der Waals surface area contributed by atoms with Gasteiger partial charge in [0.1, 0.15) is 5.82 Å². The molecule has 1 aromatic heterocycles. The van der Waals surface area contributed by atoms with E-state index in [0.717, 1.165) is 34.4 Å². The summed E-state index contributed by atoms with van der Waals surface area (Å²) < 4.78 is 2.08. The number of halogens is 2. The third-order valence-electron chi connectivity index (χ3n) is 3.47. The Morgan fingerprint density at radius 2 is 2.32 bits per heavy atom. The Bertz CT molecular complexity index is 406. The fourth-order valence-electron chi connectivity index (χ4n) is 2.45. The van der Waals surface area contributed by atoms with E-state index in [1.165, 1.54) is 25.7 Å². The molecule has 5 heteroatoms. The molecule has 0 saturated carbocycles. The highest BCUT2D eigenvalue weighted by Gasteiger charge is 2.20. The summed E-state index contributed by atoms with van der Waals surface area (Å²) in [6, 6.07) is 2.68. The highest BCUT2D eigenvalue weighted by Crippen LogP contribution is 2.27.